The first-order chi connectivity index (χ1) is 9.83. The fourth-order valence-corrected chi connectivity index (χ4v) is 3.09. The van der Waals surface area contributed by atoms with Gasteiger partial charge in [0.05, 0.1) is 11.7 Å². The van der Waals surface area contributed by atoms with Gasteiger partial charge in [0.2, 0.25) is 0 Å². The van der Waals surface area contributed by atoms with Crippen molar-refractivity contribution >= 4 is 5.91 Å². The Morgan fingerprint density at radius 3 is 2.29 bits per heavy atom. The summed E-state index contributed by atoms with van der Waals surface area (Å²) in [7, 11) is 0. The smallest absolute Gasteiger partial charge is 0.253 e. The molecule has 0 aliphatic heterocycles. The maximum absolute atomic E-state index is 12.3. The third-order valence-electron chi connectivity index (χ3n) is 4.31. The van der Waals surface area contributed by atoms with Crippen LogP contribution in [0.5, 0.6) is 0 Å². The van der Waals surface area contributed by atoms with Crippen LogP contribution in [0.25, 0.3) is 0 Å². The summed E-state index contributed by atoms with van der Waals surface area (Å²) in [4.78, 5) is 12.3. The number of nitrogens with one attached hydrogen (secondary N) is 1. The molecule has 1 unspecified atom stereocenters. The zero-order valence-electron chi connectivity index (χ0n) is 14.2. The predicted octanol–water partition coefficient (Wildman–Crippen LogP) is 3.21. The number of carbonyl (C=O) groups excluding carboxylic acids is 1. The molecule has 1 aromatic rings. The van der Waals surface area contributed by atoms with Crippen molar-refractivity contribution in [3.63, 3.8) is 0 Å². The first kappa shape index (κ1) is 17.8. The molecule has 4 heteroatoms. The highest BCUT2D eigenvalue weighted by atomic mass is 16.3. The minimum absolute atomic E-state index is 0.0972. The van der Waals surface area contributed by atoms with Gasteiger partial charge >= 0.3 is 0 Å². The van der Waals surface area contributed by atoms with Crippen LogP contribution in [0.4, 0.5) is 0 Å². The quantitative estimate of drug-likeness (QED) is 0.811. The molecule has 1 rings (SSSR count). The zero-order valence-corrected chi connectivity index (χ0v) is 14.2. The van der Waals surface area contributed by atoms with E-state index in [-0.39, 0.29) is 11.8 Å². The van der Waals surface area contributed by atoms with Gasteiger partial charge in [0.25, 0.3) is 5.91 Å². The summed E-state index contributed by atoms with van der Waals surface area (Å²) in [5.74, 6) is 0.147. The molecular weight excluding hydrogens is 264 g/mol. The van der Waals surface area contributed by atoms with E-state index in [0.717, 1.165) is 24.2 Å². The maximum Gasteiger partial charge on any atom is 0.253 e. The van der Waals surface area contributed by atoms with Crippen LogP contribution in [0, 0.1) is 19.8 Å². The fourth-order valence-electron chi connectivity index (χ4n) is 3.09. The van der Waals surface area contributed by atoms with Crippen LogP contribution < -0.4 is 5.32 Å². The topological polar surface area (TPSA) is 54.3 Å². The number of aromatic nitrogens is 1. The van der Waals surface area contributed by atoms with Crippen molar-refractivity contribution in [1.82, 2.24) is 9.88 Å². The van der Waals surface area contributed by atoms with E-state index in [2.05, 4.69) is 37.6 Å². The van der Waals surface area contributed by atoms with Crippen LogP contribution in [-0.2, 0) is 0 Å². The third-order valence-corrected chi connectivity index (χ3v) is 4.31. The Hall–Kier alpha value is -1.29. The molecule has 0 aliphatic carbocycles. The van der Waals surface area contributed by atoms with E-state index in [9.17, 15) is 9.90 Å². The van der Waals surface area contributed by atoms with E-state index >= 15 is 0 Å². The summed E-state index contributed by atoms with van der Waals surface area (Å²) in [5.41, 5.74) is 2.78. The third kappa shape index (κ3) is 4.10. The van der Waals surface area contributed by atoms with Gasteiger partial charge in [-0.2, -0.15) is 0 Å². The Labute approximate surface area is 128 Å². The second-order valence-corrected chi connectivity index (χ2v) is 6.10. The van der Waals surface area contributed by atoms with Gasteiger partial charge in [-0.05, 0) is 39.7 Å². The number of hydrogen-bond acceptors (Lipinski definition) is 2. The number of hydrogen-bond donors (Lipinski definition) is 2. The van der Waals surface area contributed by atoms with Crippen molar-refractivity contribution in [2.24, 2.45) is 5.92 Å². The summed E-state index contributed by atoms with van der Waals surface area (Å²) in [5, 5.41) is 13.0. The van der Waals surface area contributed by atoms with Gasteiger partial charge < -0.3 is 15.0 Å². The normalized spacial score (nSPS) is 13.0. The van der Waals surface area contributed by atoms with Gasteiger partial charge in [0.15, 0.2) is 0 Å². The van der Waals surface area contributed by atoms with Crippen LogP contribution in [0.3, 0.4) is 0 Å². The van der Waals surface area contributed by atoms with E-state index in [0.29, 0.717) is 18.2 Å². The average Bonchev–Trinajstić information content (AvgIpc) is 2.72. The molecule has 21 heavy (non-hydrogen) atoms. The molecule has 4 nitrogen and oxygen atoms in total. The van der Waals surface area contributed by atoms with E-state index < -0.39 is 6.10 Å². The zero-order chi connectivity index (χ0) is 16.2. The lowest BCUT2D eigenvalue weighted by molar-refractivity contribution is 0.0816. The Bertz CT molecular complexity index is 473. The molecule has 1 aromatic heterocycles. The Morgan fingerprint density at radius 1 is 1.29 bits per heavy atom. The van der Waals surface area contributed by atoms with Crippen molar-refractivity contribution in [2.75, 3.05) is 6.54 Å². The van der Waals surface area contributed by atoms with Gasteiger partial charge in [0, 0.05) is 24.0 Å². The second-order valence-electron chi connectivity index (χ2n) is 6.10. The summed E-state index contributed by atoms with van der Waals surface area (Å²) < 4.78 is 2.16. The molecule has 2 N–H and O–H groups in total. The van der Waals surface area contributed by atoms with E-state index in [1.54, 1.807) is 0 Å². The average molecular weight is 294 g/mol. The monoisotopic (exact) mass is 294 g/mol. The highest BCUT2D eigenvalue weighted by Crippen LogP contribution is 2.20. The van der Waals surface area contributed by atoms with E-state index in [1.165, 1.54) is 0 Å². The molecule has 0 aromatic carbocycles. The minimum Gasteiger partial charge on any atom is -0.391 e. The summed E-state index contributed by atoms with van der Waals surface area (Å²) >= 11 is 0. The highest BCUT2D eigenvalue weighted by molar-refractivity contribution is 5.95. The molecule has 1 atom stereocenters. The highest BCUT2D eigenvalue weighted by Gasteiger charge is 2.20. The fraction of sp³-hybridized carbons (Fsp3) is 0.706. The first-order valence-corrected chi connectivity index (χ1v) is 7.98. The van der Waals surface area contributed by atoms with Crippen LogP contribution >= 0.6 is 0 Å². The number of aliphatic hydroxyl groups is 1. The number of carbonyl (C=O) groups is 1. The molecule has 0 radical (unpaired) electrons. The molecule has 1 amide bonds. The standard InChI is InChI=1S/C17H30N2O2/c1-7-14(8-2)16(20)10-18-17(21)15-9-12(5)19(11(3)4)13(15)6/h9,11,14,16,20H,7-8,10H2,1-6H3,(H,18,21). The molecule has 0 saturated carbocycles. The van der Waals surface area contributed by atoms with Crippen LogP contribution in [0.2, 0.25) is 0 Å². The van der Waals surface area contributed by atoms with Crippen molar-refractivity contribution in [1.29, 1.82) is 0 Å². The molecule has 0 saturated heterocycles. The molecule has 0 bridgehead atoms. The maximum atomic E-state index is 12.3. The largest absolute Gasteiger partial charge is 0.391 e. The summed E-state index contributed by atoms with van der Waals surface area (Å²) in [6.07, 6.45) is 1.38. The van der Waals surface area contributed by atoms with Crippen LogP contribution in [-0.4, -0.2) is 28.2 Å². The molecule has 0 aliphatic rings. The van der Waals surface area contributed by atoms with E-state index in [4.69, 9.17) is 0 Å². The molecule has 0 fully saturated rings. The van der Waals surface area contributed by atoms with Gasteiger partial charge in [0.1, 0.15) is 0 Å². The van der Waals surface area contributed by atoms with Gasteiger partial charge in [-0.1, -0.05) is 26.7 Å². The SMILES string of the molecule is CCC(CC)C(O)CNC(=O)c1cc(C)n(C(C)C)c1C. The number of rotatable bonds is 7. The lowest BCUT2D eigenvalue weighted by atomic mass is 9.96. The Morgan fingerprint density at radius 2 is 1.86 bits per heavy atom. The Kier molecular flexibility index (Phi) is 6.46. The molecule has 0 spiro atoms. The van der Waals surface area contributed by atoms with Crippen molar-refractivity contribution in [3.8, 4) is 0 Å². The van der Waals surface area contributed by atoms with Crippen LogP contribution in [0.15, 0.2) is 6.07 Å². The number of amides is 1. The van der Waals surface area contributed by atoms with E-state index in [1.807, 2.05) is 19.9 Å². The second kappa shape index (κ2) is 7.64. The lowest BCUT2D eigenvalue weighted by Gasteiger charge is -2.20. The van der Waals surface area contributed by atoms with Gasteiger partial charge in [-0.3, -0.25) is 4.79 Å². The molecule has 120 valence electrons. The van der Waals surface area contributed by atoms with Crippen molar-refractivity contribution < 1.29 is 9.90 Å². The first-order valence-electron chi connectivity index (χ1n) is 7.98. The van der Waals surface area contributed by atoms with Gasteiger partial charge in [-0.25, -0.2) is 0 Å². The molecular formula is C17H30N2O2. The molecule has 1 heterocycles. The minimum atomic E-state index is -0.475. The number of aliphatic hydroxyl groups excluding tert-OH is 1. The number of aryl methyl sites for hydroxylation is 1. The number of nitrogens with zero attached hydrogens (tertiary/aromatic N) is 1. The van der Waals surface area contributed by atoms with Crippen molar-refractivity contribution in [3.05, 3.63) is 23.0 Å². The summed E-state index contributed by atoms with van der Waals surface area (Å²) in [6, 6.07) is 2.26. The lowest BCUT2D eigenvalue weighted by Crippen LogP contribution is -2.36. The predicted molar refractivity (Wildman–Crippen MR) is 86.7 cm³/mol. The van der Waals surface area contributed by atoms with Crippen LogP contribution in [0.1, 0.15) is 68.3 Å². The summed E-state index contributed by atoms with van der Waals surface area (Å²) in [6.45, 7) is 12.7. The van der Waals surface area contributed by atoms with Gasteiger partial charge in [-0.15, -0.1) is 0 Å². The Balaban J connectivity index is 2.75. The van der Waals surface area contributed by atoms with Crippen molar-refractivity contribution in [2.45, 2.75) is 66.5 Å².